The fourth-order valence-electron chi connectivity index (χ4n) is 2.85. The van der Waals surface area contributed by atoms with Crippen molar-refractivity contribution in [3.8, 4) is 0 Å². The molecule has 6 nitrogen and oxygen atoms in total. The largest absolute Gasteiger partial charge is 0.444 e. The summed E-state index contributed by atoms with van der Waals surface area (Å²) in [5, 5.41) is 0. The SMILES string of the molecule is C=C(C)C(=O)N(C)C/C=C(CN1CCN(C(=O)OC(C)(C)C)CC1)\C(C)=C/C. The van der Waals surface area contributed by atoms with Gasteiger partial charge in [0.1, 0.15) is 5.60 Å². The van der Waals surface area contributed by atoms with Gasteiger partial charge in [0.05, 0.1) is 0 Å². The van der Waals surface area contributed by atoms with Gasteiger partial charge in [-0.15, -0.1) is 0 Å². The maximum atomic E-state index is 12.2. The number of nitrogens with zero attached hydrogens (tertiary/aromatic N) is 3. The van der Waals surface area contributed by atoms with Crippen LogP contribution in [0.5, 0.6) is 0 Å². The van der Waals surface area contributed by atoms with Crippen molar-refractivity contribution in [1.29, 1.82) is 0 Å². The van der Waals surface area contributed by atoms with Crippen molar-refractivity contribution in [2.45, 2.75) is 47.1 Å². The fourth-order valence-corrected chi connectivity index (χ4v) is 2.85. The average Bonchev–Trinajstić information content (AvgIpc) is 2.62. The molecule has 0 aromatic rings. The van der Waals surface area contributed by atoms with Crippen LogP contribution in [0.1, 0.15) is 41.5 Å². The van der Waals surface area contributed by atoms with E-state index in [-0.39, 0.29) is 12.0 Å². The van der Waals surface area contributed by atoms with Crippen LogP contribution in [-0.4, -0.2) is 78.6 Å². The van der Waals surface area contributed by atoms with Gasteiger partial charge in [-0.05, 0) is 47.1 Å². The van der Waals surface area contributed by atoms with Gasteiger partial charge in [0.2, 0.25) is 5.91 Å². The van der Waals surface area contributed by atoms with E-state index in [1.54, 1.807) is 23.8 Å². The van der Waals surface area contributed by atoms with Gasteiger partial charge in [-0.25, -0.2) is 4.79 Å². The highest BCUT2D eigenvalue weighted by Crippen LogP contribution is 2.15. The summed E-state index contributed by atoms with van der Waals surface area (Å²) in [7, 11) is 1.79. The molecule has 2 amide bonds. The lowest BCUT2D eigenvalue weighted by Gasteiger charge is -2.36. The molecule has 0 N–H and O–H groups in total. The first-order chi connectivity index (χ1) is 12.9. The van der Waals surface area contributed by atoms with E-state index >= 15 is 0 Å². The van der Waals surface area contributed by atoms with Crippen LogP contribution >= 0.6 is 0 Å². The Morgan fingerprint density at radius 1 is 1.14 bits per heavy atom. The number of allylic oxidation sites excluding steroid dienone is 1. The van der Waals surface area contributed by atoms with E-state index < -0.39 is 5.60 Å². The third-order valence-electron chi connectivity index (χ3n) is 4.68. The van der Waals surface area contributed by atoms with Gasteiger partial charge >= 0.3 is 6.09 Å². The highest BCUT2D eigenvalue weighted by molar-refractivity contribution is 5.92. The van der Waals surface area contributed by atoms with Crippen LogP contribution in [0.25, 0.3) is 0 Å². The summed E-state index contributed by atoms with van der Waals surface area (Å²) in [6.07, 6.45) is 3.95. The molecule has 0 spiro atoms. The molecule has 0 aliphatic carbocycles. The highest BCUT2D eigenvalue weighted by Gasteiger charge is 2.26. The molecule has 0 saturated carbocycles. The molecule has 0 radical (unpaired) electrons. The molecule has 1 saturated heterocycles. The first kappa shape index (κ1) is 24.0. The van der Waals surface area contributed by atoms with Gasteiger partial charge in [-0.2, -0.15) is 0 Å². The Morgan fingerprint density at radius 2 is 1.71 bits per heavy atom. The Labute approximate surface area is 170 Å². The van der Waals surface area contributed by atoms with Gasteiger partial charge in [-0.1, -0.05) is 24.3 Å². The molecule has 158 valence electrons. The van der Waals surface area contributed by atoms with Crippen LogP contribution in [0.3, 0.4) is 0 Å². The second kappa shape index (κ2) is 10.5. The molecule has 0 bridgehead atoms. The molecule has 1 heterocycles. The predicted molar refractivity (Wildman–Crippen MR) is 114 cm³/mol. The van der Waals surface area contributed by atoms with Crippen molar-refractivity contribution in [3.05, 3.63) is 35.5 Å². The van der Waals surface area contributed by atoms with E-state index in [2.05, 4.69) is 30.6 Å². The number of likely N-dealkylation sites (N-methyl/N-ethyl adjacent to an activating group) is 1. The number of hydrogen-bond acceptors (Lipinski definition) is 4. The Bertz CT molecular complexity index is 636. The molecule has 0 unspecified atom stereocenters. The zero-order valence-corrected chi connectivity index (χ0v) is 18.7. The summed E-state index contributed by atoms with van der Waals surface area (Å²) < 4.78 is 5.46. The maximum absolute atomic E-state index is 12.2. The molecule has 1 aliphatic heterocycles. The van der Waals surface area contributed by atoms with Crippen molar-refractivity contribution in [2.75, 3.05) is 46.3 Å². The van der Waals surface area contributed by atoms with E-state index in [9.17, 15) is 9.59 Å². The number of ether oxygens (including phenoxy) is 1. The third-order valence-corrected chi connectivity index (χ3v) is 4.68. The van der Waals surface area contributed by atoms with E-state index in [1.165, 1.54) is 11.1 Å². The maximum Gasteiger partial charge on any atom is 0.410 e. The van der Waals surface area contributed by atoms with Crippen molar-refractivity contribution < 1.29 is 14.3 Å². The Hall–Kier alpha value is -2.08. The zero-order chi connectivity index (χ0) is 21.5. The highest BCUT2D eigenvalue weighted by atomic mass is 16.6. The molecule has 0 atom stereocenters. The van der Waals surface area contributed by atoms with Crippen LogP contribution in [0.15, 0.2) is 35.5 Å². The quantitative estimate of drug-likeness (QED) is 0.514. The normalized spacial score (nSPS) is 16.8. The lowest BCUT2D eigenvalue weighted by Crippen LogP contribution is -2.50. The van der Waals surface area contributed by atoms with Crippen LogP contribution in [0.4, 0.5) is 4.79 Å². The Kier molecular flexibility index (Phi) is 8.95. The lowest BCUT2D eigenvalue weighted by molar-refractivity contribution is -0.125. The molecular weight excluding hydrogens is 354 g/mol. The van der Waals surface area contributed by atoms with E-state index in [0.29, 0.717) is 25.2 Å². The van der Waals surface area contributed by atoms with Crippen molar-refractivity contribution in [3.63, 3.8) is 0 Å². The van der Waals surface area contributed by atoms with E-state index in [1.807, 2.05) is 27.7 Å². The Morgan fingerprint density at radius 3 is 2.18 bits per heavy atom. The number of carbonyl (C=O) groups excluding carboxylic acids is 2. The van der Waals surface area contributed by atoms with E-state index in [4.69, 9.17) is 4.74 Å². The molecule has 1 fully saturated rings. The summed E-state index contributed by atoms with van der Waals surface area (Å²) in [5.41, 5.74) is 2.47. The average molecular weight is 392 g/mol. The van der Waals surface area contributed by atoms with Gasteiger partial charge in [0.25, 0.3) is 0 Å². The third kappa shape index (κ3) is 7.89. The first-order valence-corrected chi connectivity index (χ1v) is 9.88. The second-order valence-corrected chi connectivity index (χ2v) is 8.41. The fraction of sp³-hybridized carbons (Fsp3) is 0.636. The number of rotatable bonds is 6. The number of carbonyl (C=O) groups is 2. The van der Waals surface area contributed by atoms with Crippen molar-refractivity contribution >= 4 is 12.0 Å². The summed E-state index contributed by atoms with van der Waals surface area (Å²) in [6.45, 7) is 19.5. The summed E-state index contributed by atoms with van der Waals surface area (Å²) in [5.74, 6) is -0.0419. The molecule has 0 aromatic carbocycles. The molecule has 1 aliphatic rings. The predicted octanol–water partition coefficient (Wildman–Crippen LogP) is 3.47. The molecule has 28 heavy (non-hydrogen) atoms. The second-order valence-electron chi connectivity index (χ2n) is 8.41. The van der Waals surface area contributed by atoms with Gasteiger partial charge in [0.15, 0.2) is 0 Å². The van der Waals surface area contributed by atoms with E-state index in [0.717, 1.165) is 19.6 Å². The van der Waals surface area contributed by atoms with Gasteiger partial charge < -0.3 is 14.5 Å². The summed E-state index contributed by atoms with van der Waals surface area (Å²) >= 11 is 0. The Balaban J connectivity index is 2.67. The topological polar surface area (TPSA) is 53.1 Å². The summed E-state index contributed by atoms with van der Waals surface area (Å²) in [6, 6.07) is 0. The minimum atomic E-state index is -0.472. The van der Waals surface area contributed by atoms with Crippen LogP contribution in [0, 0.1) is 0 Å². The lowest BCUT2D eigenvalue weighted by atomic mass is 10.1. The van der Waals surface area contributed by atoms with Gasteiger partial charge in [0, 0.05) is 51.9 Å². The number of amides is 2. The monoisotopic (exact) mass is 391 g/mol. The molecule has 6 heteroatoms. The van der Waals surface area contributed by atoms with Crippen LogP contribution in [-0.2, 0) is 9.53 Å². The first-order valence-electron chi connectivity index (χ1n) is 9.88. The smallest absolute Gasteiger partial charge is 0.410 e. The molecular formula is C22H37N3O3. The minimum Gasteiger partial charge on any atom is -0.444 e. The minimum absolute atomic E-state index is 0.0419. The standard InChI is InChI=1S/C22H37N3O3/c1-9-18(4)19(10-11-23(8)20(26)17(2)3)16-24-12-14-25(15-13-24)21(27)28-22(5,6)7/h9-10H,2,11-16H2,1,3-8H3/b18-9-,19-10-. The van der Waals surface area contributed by atoms with Crippen LogP contribution in [0.2, 0.25) is 0 Å². The zero-order valence-electron chi connectivity index (χ0n) is 18.7. The van der Waals surface area contributed by atoms with Crippen LogP contribution < -0.4 is 0 Å². The number of piperazine rings is 1. The van der Waals surface area contributed by atoms with Gasteiger partial charge in [-0.3, -0.25) is 9.69 Å². The molecule has 1 rings (SSSR count). The summed E-state index contributed by atoms with van der Waals surface area (Å²) in [4.78, 5) is 30.0. The van der Waals surface area contributed by atoms with Crippen molar-refractivity contribution in [2.24, 2.45) is 0 Å². The van der Waals surface area contributed by atoms with Crippen molar-refractivity contribution in [1.82, 2.24) is 14.7 Å². The number of hydrogen-bond donors (Lipinski definition) is 0. The molecule has 0 aromatic heterocycles.